The Kier molecular flexibility index (Phi) is 5.10. The van der Waals surface area contributed by atoms with Gasteiger partial charge in [-0.2, -0.15) is 8.42 Å². The highest BCUT2D eigenvalue weighted by Crippen LogP contribution is 2.30. The Morgan fingerprint density at radius 1 is 1.29 bits per heavy atom. The quantitative estimate of drug-likeness (QED) is 0.590. The van der Waals surface area contributed by atoms with Gasteiger partial charge in [0, 0.05) is 6.54 Å². The molecule has 1 aromatic rings. The monoisotopic (exact) mass is 309 g/mol. The van der Waals surface area contributed by atoms with Gasteiger partial charge in [0.1, 0.15) is 6.61 Å². The summed E-state index contributed by atoms with van der Waals surface area (Å²) in [6, 6.07) is 5.25. The lowest BCUT2D eigenvalue weighted by atomic mass is 10.2. The van der Waals surface area contributed by atoms with Crippen molar-refractivity contribution in [3.8, 4) is 23.8 Å². The molecule has 1 aromatic carbocycles. The zero-order valence-electron chi connectivity index (χ0n) is 12.0. The molecule has 0 aromatic heterocycles. The molecule has 0 atom stereocenters. The van der Waals surface area contributed by atoms with Crippen LogP contribution in [-0.2, 0) is 16.7 Å². The summed E-state index contributed by atoms with van der Waals surface area (Å²) in [7, 11) is -3.60. The number of nitrogens with zero attached hydrogens (tertiary/aromatic N) is 1. The van der Waals surface area contributed by atoms with Crippen LogP contribution in [0.25, 0.3) is 0 Å². The summed E-state index contributed by atoms with van der Waals surface area (Å²) in [5, 5.41) is 0. The zero-order chi connectivity index (χ0) is 15.3. The first-order chi connectivity index (χ1) is 9.98. The number of rotatable bonds is 6. The maximum absolute atomic E-state index is 11.3. The lowest BCUT2D eigenvalue weighted by molar-refractivity contribution is 0.327. The van der Waals surface area contributed by atoms with Crippen LogP contribution in [0.4, 0.5) is 0 Å². The van der Waals surface area contributed by atoms with Gasteiger partial charge >= 0.3 is 10.1 Å². The zero-order valence-corrected chi connectivity index (χ0v) is 12.9. The van der Waals surface area contributed by atoms with Crippen molar-refractivity contribution in [2.45, 2.75) is 19.4 Å². The first kappa shape index (κ1) is 15.7. The molecule has 0 spiro atoms. The number of likely N-dealkylation sites (tertiary alicyclic amines) is 1. The van der Waals surface area contributed by atoms with Crippen molar-refractivity contribution in [1.29, 1.82) is 0 Å². The number of hydrogen-bond donors (Lipinski definition) is 0. The van der Waals surface area contributed by atoms with Crippen molar-refractivity contribution in [3.63, 3.8) is 0 Å². The maximum atomic E-state index is 11.3. The maximum Gasteiger partial charge on any atom is 0.306 e. The molecular formula is C15H19NO4S. The van der Waals surface area contributed by atoms with Crippen molar-refractivity contribution in [1.82, 2.24) is 4.90 Å². The Hall–Kier alpha value is -1.71. The van der Waals surface area contributed by atoms with Gasteiger partial charge in [0.05, 0.1) is 6.26 Å². The van der Waals surface area contributed by atoms with E-state index >= 15 is 0 Å². The molecule has 21 heavy (non-hydrogen) atoms. The Morgan fingerprint density at radius 3 is 2.62 bits per heavy atom. The second-order valence-corrected chi connectivity index (χ2v) is 6.62. The van der Waals surface area contributed by atoms with E-state index in [2.05, 4.69) is 10.8 Å². The number of ether oxygens (including phenoxy) is 1. The highest BCUT2D eigenvalue weighted by molar-refractivity contribution is 7.86. The molecule has 0 amide bonds. The van der Waals surface area contributed by atoms with Crippen LogP contribution in [0.2, 0.25) is 0 Å². The minimum atomic E-state index is -3.60. The minimum absolute atomic E-state index is 0.0628. The van der Waals surface area contributed by atoms with E-state index in [4.69, 9.17) is 15.3 Å². The molecule has 0 radical (unpaired) electrons. The Morgan fingerprint density at radius 2 is 2.00 bits per heavy atom. The minimum Gasteiger partial charge on any atom is -0.477 e. The van der Waals surface area contributed by atoms with Crippen LogP contribution in [0.5, 0.6) is 11.5 Å². The predicted octanol–water partition coefficient (Wildman–Crippen LogP) is 1.63. The molecule has 2 rings (SSSR count). The summed E-state index contributed by atoms with van der Waals surface area (Å²) >= 11 is 0. The molecule has 114 valence electrons. The van der Waals surface area contributed by atoms with E-state index in [1.54, 1.807) is 12.1 Å². The largest absolute Gasteiger partial charge is 0.477 e. The fourth-order valence-electron chi connectivity index (χ4n) is 2.31. The van der Waals surface area contributed by atoms with Gasteiger partial charge in [-0.15, -0.1) is 6.42 Å². The smallest absolute Gasteiger partial charge is 0.306 e. The van der Waals surface area contributed by atoms with Gasteiger partial charge in [0.15, 0.2) is 11.5 Å². The van der Waals surface area contributed by atoms with E-state index in [0.29, 0.717) is 5.75 Å². The lowest BCUT2D eigenvalue weighted by Gasteiger charge is -2.16. The van der Waals surface area contributed by atoms with E-state index in [1.807, 2.05) is 6.07 Å². The van der Waals surface area contributed by atoms with Crippen LogP contribution in [0.1, 0.15) is 18.4 Å². The highest BCUT2D eigenvalue weighted by Gasteiger charge is 2.15. The Labute approximate surface area is 126 Å². The third-order valence-electron chi connectivity index (χ3n) is 3.17. The van der Waals surface area contributed by atoms with Crippen LogP contribution >= 0.6 is 0 Å². The molecule has 0 N–H and O–H groups in total. The topological polar surface area (TPSA) is 55.8 Å². The molecule has 1 fully saturated rings. The van der Waals surface area contributed by atoms with Crippen molar-refractivity contribution in [2.75, 3.05) is 26.0 Å². The van der Waals surface area contributed by atoms with Gasteiger partial charge < -0.3 is 8.92 Å². The number of hydrogen-bond acceptors (Lipinski definition) is 5. The molecule has 1 aliphatic rings. The molecule has 1 heterocycles. The number of benzene rings is 1. The molecule has 5 nitrogen and oxygen atoms in total. The first-order valence-corrected chi connectivity index (χ1v) is 8.60. The van der Waals surface area contributed by atoms with Crippen LogP contribution in [-0.4, -0.2) is 39.3 Å². The summed E-state index contributed by atoms with van der Waals surface area (Å²) in [6.07, 6.45) is 8.61. The van der Waals surface area contributed by atoms with E-state index in [-0.39, 0.29) is 12.4 Å². The third kappa shape index (κ3) is 4.96. The molecule has 0 unspecified atom stereocenters. The average Bonchev–Trinajstić information content (AvgIpc) is 2.90. The Balaban J connectivity index is 2.19. The van der Waals surface area contributed by atoms with Crippen LogP contribution in [0.3, 0.4) is 0 Å². The summed E-state index contributed by atoms with van der Waals surface area (Å²) in [5.74, 6) is 2.88. The standard InChI is InChI=1S/C15H19NO4S/c1-3-10-19-15-11-13(12-16-8-4-5-9-16)6-7-14(15)20-21(2,17)18/h1,6-7,11H,4-5,8-10,12H2,2H3. The summed E-state index contributed by atoms with van der Waals surface area (Å²) in [6.45, 7) is 3.04. The second-order valence-electron chi connectivity index (χ2n) is 5.04. The SMILES string of the molecule is C#CCOc1cc(CN2CCCC2)ccc1OS(C)(=O)=O. The van der Waals surface area contributed by atoms with E-state index in [1.165, 1.54) is 12.8 Å². The van der Waals surface area contributed by atoms with Gasteiger partial charge in [0.2, 0.25) is 0 Å². The average molecular weight is 309 g/mol. The van der Waals surface area contributed by atoms with Crippen molar-refractivity contribution >= 4 is 10.1 Å². The van der Waals surface area contributed by atoms with E-state index in [9.17, 15) is 8.42 Å². The fraction of sp³-hybridized carbons (Fsp3) is 0.467. The van der Waals surface area contributed by atoms with Crippen molar-refractivity contribution in [2.24, 2.45) is 0 Å². The molecule has 0 aliphatic carbocycles. The van der Waals surface area contributed by atoms with Crippen molar-refractivity contribution in [3.05, 3.63) is 23.8 Å². The van der Waals surface area contributed by atoms with Gasteiger partial charge in [-0.3, -0.25) is 4.90 Å². The summed E-state index contributed by atoms with van der Waals surface area (Å²) in [4.78, 5) is 2.34. The molecule has 6 heteroatoms. The third-order valence-corrected chi connectivity index (χ3v) is 3.65. The van der Waals surface area contributed by atoms with Gasteiger partial charge in [0.25, 0.3) is 0 Å². The molecule has 1 aliphatic heterocycles. The van der Waals surface area contributed by atoms with Gasteiger partial charge in [-0.1, -0.05) is 12.0 Å². The van der Waals surface area contributed by atoms with Gasteiger partial charge in [-0.25, -0.2) is 0 Å². The highest BCUT2D eigenvalue weighted by atomic mass is 32.2. The molecule has 1 saturated heterocycles. The molecule has 0 saturated carbocycles. The van der Waals surface area contributed by atoms with Crippen LogP contribution in [0.15, 0.2) is 18.2 Å². The van der Waals surface area contributed by atoms with E-state index in [0.717, 1.165) is 31.5 Å². The van der Waals surface area contributed by atoms with Crippen LogP contribution < -0.4 is 8.92 Å². The lowest BCUT2D eigenvalue weighted by Crippen LogP contribution is -2.18. The summed E-state index contributed by atoms with van der Waals surface area (Å²) < 4.78 is 32.8. The molecule has 0 bridgehead atoms. The first-order valence-electron chi connectivity index (χ1n) is 6.79. The Bertz CT molecular complexity index is 628. The van der Waals surface area contributed by atoms with E-state index < -0.39 is 10.1 Å². The molecular weight excluding hydrogens is 290 g/mol. The van der Waals surface area contributed by atoms with Crippen molar-refractivity contribution < 1.29 is 17.3 Å². The van der Waals surface area contributed by atoms with Crippen LogP contribution in [0, 0.1) is 12.3 Å². The fourth-order valence-corrected chi connectivity index (χ4v) is 2.78. The normalized spacial score (nSPS) is 15.6. The predicted molar refractivity (Wildman–Crippen MR) is 80.8 cm³/mol. The second kappa shape index (κ2) is 6.83. The number of terminal acetylenes is 1. The van der Waals surface area contributed by atoms with Gasteiger partial charge in [-0.05, 0) is 43.6 Å². The summed E-state index contributed by atoms with van der Waals surface area (Å²) in [5.41, 5.74) is 1.05.